The van der Waals surface area contributed by atoms with Crippen LogP contribution in [0.3, 0.4) is 0 Å². The summed E-state index contributed by atoms with van der Waals surface area (Å²) in [6.45, 7) is 6.52. The number of allylic oxidation sites excluding steroid dienone is 2. The first kappa shape index (κ1) is 7.26. The minimum absolute atomic E-state index is 0.784. The molecule has 0 bridgehead atoms. The third kappa shape index (κ3) is 1.83. The van der Waals surface area contributed by atoms with E-state index in [2.05, 4.69) is 19.6 Å². The molecule has 0 aromatic heterocycles. The molecule has 0 amide bonds. The Morgan fingerprint density at radius 3 is 3.10 bits per heavy atom. The molecule has 1 aliphatic rings. The monoisotopic (exact) mass is 137 g/mol. The summed E-state index contributed by atoms with van der Waals surface area (Å²) < 4.78 is 5.34. The first-order valence-corrected chi connectivity index (χ1v) is 3.59. The van der Waals surface area contributed by atoms with Crippen LogP contribution in [0.5, 0.6) is 0 Å². The number of hydrogen-bond acceptors (Lipinski definition) is 0. The van der Waals surface area contributed by atoms with Crippen molar-refractivity contribution in [1.82, 2.24) is 0 Å². The molecular weight excluding hydrogens is 124 g/mol. The van der Waals surface area contributed by atoms with E-state index in [4.69, 9.17) is 4.42 Å². The zero-order valence-corrected chi connectivity index (χ0v) is 6.39. The van der Waals surface area contributed by atoms with E-state index in [1.807, 2.05) is 6.08 Å². The minimum atomic E-state index is 0.784. The standard InChI is InChI=1S/C9H13O/c1-3-4-5-9-6-8(2)7-10-9/h3,6H,1,4-5,7H2,2H3/q+1. The largest absolute Gasteiger partial charge is 0.320 e. The molecular formula is C9H13O+. The molecule has 0 saturated heterocycles. The maximum atomic E-state index is 5.34. The van der Waals surface area contributed by atoms with Crippen molar-refractivity contribution in [1.29, 1.82) is 0 Å². The van der Waals surface area contributed by atoms with Gasteiger partial charge in [0.05, 0.1) is 6.42 Å². The van der Waals surface area contributed by atoms with E-state index in [1.54, 1.807) is 0 Å². The molecule has 0 atom stereocenters. The van der Waals surface area contributed by atoms with Gasteiger partial charge in [-0.1, -0.05) is 6.08 Å². The van der Waals surface area contributed by atoms with Gasteiger partial charge in [-0.15, -0.1) is 6.58 Å². The molecule has 1 heteroatoms. The first-order chi connectivity index (χ1) is 4.83. The molecule has 1 nitrogen and oxygen atoms in total. The van der Waals surface area contributed by atoms with E-state index in [0.717, 1.165) is 25.2 Å². The van der Waals surface area contributed by atoms with E-state index in [-0.39, 0.29) is 0 Å². The fourth-order valence-corrected chi connectivity index (χ4v) is 0.953. The van der Waals surface area contributed by atoms with Gasteiger partial charge in [0.2, 0.25) is 0 Å². The molecule has 0 saturated carbocycles. The Hall–Kier alpha value is -0.850. The van der Waals surface area contributed by atoms with Gasteiger partial charge in [-0.3, -0.25) is 4.42 Å². The van der Waals surface area contributed by atoms with Crippen molar-refractivity contribution in [3.05, 3.63) is 24.3 Å². The third-order valence-corrected chi connectivity index (χ3v) is 1.49. The smallest absolute Gasteiger partial charge is 0.254 e. The average molecular weight is 137 g/mol. The SMILES string of the molecule is C=CCCC1=[O+]CC(C)=C1. The number of carbonyl (C=O) groups excluding carboxylic acids is 1. The van der Waals surface area contributed by atoms with E-state index in [0.29, 0.717) is 0 Å². The summed E-state index contributed by atoms with van der Waals surface area (Å²) in [7, 11) is 0. The van der Waals surface area contributed by atoms with E-state index >= 15 is 0 Å². The fourth-order valence-electron chi connectivity index (χ4n) is 0.953. The summed E-state index contributed by atoms with van der Waals surface area (Å²) >= 11 is 0. The second-order valence-corrected chi connectivity index (χ2v) is 2.57. The van der Waals surface area contributed by atoms with Crippen molar-refractivity contribution in [2.24, 2.45) is 0 Å². The van der Waals surface area contributed by atoms with Gasteiger partial charge in [-0.05, 0) is 13.3 Å². The predicted molar refractivity (Wildman–Crippen MR) is 43.1 cm³/mol. The number of ketones is 1. The molecule has 0 aromatic carbocycles. The van der Waals surface area contributed by atoms with Crippen LogP contribution in [0.4, 0.5) is 0 Å². The lowest BCUT2D eigenvalue weighted by Crippen LogP contribution is -1.91. The molecule has 0 aromatic rings. The molecule has 1 aliphatic heterocycles. The summed E-state index contributed by atoms with van der Waals surface area (Å²) in [5.41, 5.74) is 1.32. The van der Waals surface area contributed by atoms with Crippen molar-refractivity contribution in [2.45, 2.75) is 19.8 Å². The zero-order chi connectivity index (χ0) is 7.40. The highest BCUT2D eigenvalue weighted by atomic mass is 16.4. The fraction of sp³-hybridized carbons (Fsp3) is 0.444. The van der Waals surface area contributed by atoms with Crippen LogP contribution in [-0.4, -0.2) is 12.4 Å². The van der Waals surface area contributed by atoms with E-state index < -0.39 is 0 Å². The van der Waals surface area contributed by atoms with Gasteiger partial charge in [0.1, 0.15) is 0 Å². The van der Waals surface area contributed by atoms with Crippen molar-refractivity contribution in [3.63, 3.8) is 0 Å². The van der Waals surface area contributed by atoms with Crippen molar-refractivity contribution in [2.75, 3.05) is 6.61 Å². The van der Waals surface area contributed by atoms with Crippen molar-refractivity contribution >= 4 is 5.78 Å². The van der Waals surface area contributed by atoms with Crippen LogP contribution in [0.2, 0.25) is 0 Å². The molecule has 0 radical (unpaired) electrons. The summed E-state index contributed by atoms with van der Waals surface area (Å²) in [6.07, 6.45) is 6.04. The molecule has 0 unspecified atom stereocenters. The number of hydrogen-bond donors (Lipinski definition) is 0. The number of rotatable bonds is 3. The van der Waals surface area contributed by atoms with Crippen LogP contribution >= 0.6 is 0 Å². The van der Waals surface area contributed by atoms with Gasteiger partial charge < -0.3 is 0 Å². The first-order valence-electron chi connectivity index (χ1n) is 3.59. The molecule has 10 heavy (non-hydrogen) atoms. The maximum absolute atomic E-state index is 5.34. The highest BCUT2D eigenvalue weighted by Crippen LogP contribution is 2.04. The summed E-state index contributed by atoms with van der Waals surface area (Å²) in [5.74, 6) is 1.11. The van der Waals surface area contributed by atoms with E-state index in [9.17, 15) is 0 Å². The topological polar surface area (TPSA) is 11.3 Å². The van der Waals surface area contributed by atoms with Gasteiger partial charge in [-0.2, -0.15) is 0 Å². The predicted octanol–water partition coefficient (Wildman–Crippen LogP) is 2.02. The van der Waals surface area contributed by atoms with Crippen LogP contribution in [0, 0.1) is 0 Å². The lowest BCUT2D eigenvalue weighted by molar-refractivity contribution is -0.443. The maximum Gasteiger partial charge on any atom is 0.320 e. The Labute approximate surface area is 61.8 Å². The Morgan fingerprint density at radius 1 is 1.80 bits per heavy atom. The molecule has 0 N–H and O–H groups in total. The Balaban J connectivity index is 2.36. The van der Waals surface area contributed by atoms with Gasteiger partial charge in [0, 0.05) is 11.6 Å². The molecule has 0 spiro atoms. The summed E-state index contributed by atoms with van der Waals surface area (Å²) in [6, 6.07) is 0. The van der Waals surface area contributed by atoms with Crippen LogP contribution in [0.15, 0.2) is 24.3 Å². The molecule has 1 rings (SSSR count). The normalized spacial score (nSPS) is 16.5. The quantitative estimate of drug-likeness (QED) is 0.416. The minimum Gasteiger partial charge on any atom is -0.254 e. The van der Waals surface area contributed by atoms with Crippen LogP contribution in [0.1, 0.15) is 19.8 Å². The van der Waals surface area contributed by atoms with Gasteiger partial charge in [0.15, 0.2) is 0 Å². The van der Waals surface area contributed by atoms with Crippen LogP contribution in [-0.2, 0) is 4.42 Å². The Kier molecular flexibility index (Phi) is 2.43. The lowest BCUT2D eigenvalue weighted by Gasteiger charge is -1.79. The zero-order valence-electron chi connectivity index (χ0n) is 6.39. The Bertz CT molecular complexity index is 187. The van der Waals surface area contributed by atoms with E-state index in [1.165, 1.54) is 5.57 Å². The second kappa shape index (κ2) is 3.35. The third-order valence-electron chi connectivity index (χ3n) is 1.49. The summed E-state index contributed by atoms with van der Waals surface area (Å²) in [4.78, 5) is 0. The van der Waals surface area contributed by atoms with Crippen molar-refractivity contribution in [3.8, 4) is 0 Å². The molecule has 1 heterocycles. The molecule has 54 valence electrons. The highest BCUT2D eigenvalue weighted by molar-refractivity contribution is 5.91. The van der Waals surface area contributed by atoms with Crippen molar-refractivity contribution < 1.29 is 4.42 Å². The van der Waals surface area contributed by atoms with Gasteiger partial charge in [-0.25, -0.2) is 0 Å². The highest BCUT2D eigenvalue weighted by Gasteiger charge is 2.15. The molecule has 0 fully saturated rings. The van der Waals surface area contributed by atoms with Gasteiger partial charge in [0.25, 0.3) is 6.61 Å². The Morgan fingerprint density at radius 2 is 2.60 bits per heavy atom. The van der Waals surface area contributed by atoms with Crippen LogP contribution in [0.25, 0.3) is 0 Å². The lowest BCUT2D eigenvalue weighted by atomic mass is 10.2. The average Bonchev–Trinajstić information content (AvgIpc) is 2.31. The van der Waals surface area contributed by atoms with Gasteiger partial charge >= 0.3 is 5.78 Å². The molecule has 0 aliphatic carbocycles. The van der Waals surface area contributed by atoms with Crippen LogP contribution < -0.4 is 0 Å². The second-order valence-electron chi connectivity index (χ2n) is 2.57. The summed E-state index contributed by atoms with van der Waals surface area (Å²) in [5, 5.41) is 0.